The van der Waals surface area contributed by atoms with E-state index in [1.54, 1.807) is 30.8 Å². The molecule has 0 bridgehead atoms. The van der Waals surface area contributed by atoms with Crippen molar-refractivity contribution in [1.29, 1.82) is 0 Å². The monoisotopic (exact) mass is 153 g/mol. The van der Waals surface area contributed by atoms with Crippen LogP contribution in [0.1, 0.15) is 11.1 Å². The molecule has 0 aliphatic heterocycles. The maximum absolute atomic E-state index is 11.1. The molecule has 0 aliphatic rings. The molecule has 0 saturated carbocycles. The lowest BCUT2D eigenvalue weighted by molar-refractivity contribution is 0.209. The fraction of sp³-hybridized carbons (Fsp3) is 0.375. The highest BCUT2D eigenvalue weighted by atomic mass is 16.3. The predicted molar refractivity (Wildman–Crippen MR) is 42.4 cm³/mol. The highest BCUT2D eigenvalue weighted by molar-refractivity contribution is 5.16. The summed E-state index contributed by atoms with van der Waals surface area (Å²) in [6.45, 7) is 3.39. The van der Waals surface area contributed by atoms with Gasteiger partial charge in [0.2, 0.25) is 0 Å². The molecule has 0 unspecified atom stereocenters. The zero-order chi connectivity index (χ0) is 8.43. The zero-order valence-electron chi connectivity index (χ0n) is 6.66. The van der Waals surface area contributed by atoms with Crippen molar-refractivity contribution in [3.63, 3.8) is 0 Å². The van der Waals surface area contributed by atoms with Gasteiger partial charge in [0.1, 0.15) is 6.73 Å². The lowest BCUT2D eigenvalue weighted by Gasteiger charge is -2.03. The van der Waals surface area contributed by atoms with Crippen LogP contribution in [0.25, 0.3) is 0 Å². The van der Waals surface area contributed by atoms with Crippen LogP contribution in [0, 0.1) is 13.8 Å². The minimum atomic E-state index is -0.0814. The molecule has 0 radical (unpaired) electrons. The van der Waals surface area contributed by atoms with Gasteiger partial charge in [0.25, 0.3) is 0 Å². The minimum absolute atomic E-state index is 0.0506. The van der Waals surface area contributed by atoms with E-state index in [0.717, 1.165) is 0 Å². The van der Waals surface area contributed by atoms with Crippen LogP contribution >= 0.6 is 0 Å². The third-order valence-corrected chi connectivity index (χ3v) is 1.60. The zero-order valence-corrected chi connectivity index (χ0v) is 6.66. The summed E-state index contributed by atoms with van der Waals surface area (Å²) in [5, 5.41) is 8.74. The number of rotatable bonds is 1. The van der Waals surface area contributed by atoms with Crippen molar-refractivity contribution < 1.29 is 5.11 Å². The molecular formula is C8H11NO2. The first-order chi connectivity index (χ1) is 5.15. The first-order valence-corrected chi connectivity index (χ1v) is 3.43. The predicted octanol–water partition coefficient (Wildman–Crippen LogP) is 0.415. The maximum atomic E-state index is 11.1. The number of nitrogens with zero attached hydrogens (tertiary/aromatic N) is 1. The summed E-state index contributed by atoms with van der Waals surface area (Å²) >= 11 is 0. The number of aliphatic hydroxyl groups is 1. The lowest BCUT2D eigenvalue weighted by atomic mass is 10.2. The third kappa shape index (κ3) is 1.49. The highest BCUT2D eigenvalue weighted by Gasteiger charge is 1.97. The molecule has 3 nitrogen and oxygen atoms in total. The van der Waals surface area contributed by atoms with Crippen LogP contribution in [0.5, 0.6) is 0 Å². The second kappa shape index (κ2) is 2.88. The van der Waals surface area contributed by atoms with Crippen LogP contribution in [0.15, 0.2) is 17.2 Å². The molecule has 1 heterocycles. The molecule has 0 aromatic carbocycles. The fourth-order valence-electron chi connectivity index (χ4n) is 1.04. The van der Waals surface area contributed by atoms with E-state index >= 15 is 0 Å². The molecule has 0 fully saturated rings. The van der Waals surface area contributed by atoms with Gasteiger partial charge in [-0.3, -0.25) is 4.79 Å². The van der Waals surface area contributed by atoms with Crippen LogP contribution in [0.2, 0.25) is 0 Å². The van der Waals surface area contributed by atoms with Gasteiger partial charge in [-0.15, -0.1) is 0 Å². The molecule has 1 N–H and O–H groups in total. The van der Waals surface area contributed by atoms with Gasteiger partial charge in [-0.05, 0) is 13.8 Å². The Morgan fingerprint density at radius 3 is 2.18 bits per heavy atom. The summed E-state index contributed by atoms with van der Waals surface area (Å²) in [7, 11) is 0. The second-order valence-electron chi connectivity index (χ2n) is 2.61. The van der Waals surface area contributed by atoms with E-state index in [2.05, 4.69) is 0 Å². The Morgan fingerprint density at radius 2 is 1.82 bits per heavy atom. The molecule has 11 heavy (non-hydrogen) atoms. The summed E-state index contributed by atoms with van der Waals surface area (Å²) in [6.07, 6.45) is 3.27. The number of aryl methyl sites for hydroxylation is 2. The fourth-order valence-corrected chi connectivity index (χ4v) is 1.04. The van der Waals surface area contributed by atoms with E-state index in [1.807, 2.05) is 0 Å². The van der Waals surface area contributed by atoms with Crippen molar-refractivity contribution in [3.8, 4) is 0 Å². The molecule has 0 spiro atoms. The first kappa shape index (κ1) is 8.01. The van der Waals surface area contributed by atoms with Gasteiger partial charge >= 0.3 is 0 Å². The Bertz CT molecular complexity index is 288. The molecule has 0 amide bonds. The van der Waals surface area contributed by atoms with Gasteiger partial charge in [0.05, 0.1) is 0 Å². The summed E-state index contributed by atoms with van der Waals surface area (Å²) in [5.74, 6) is 0. The Balaban J connectivity index is 3.32. The van der Waals surface area contributed by atoms with E-state index in [4.69, 9.17) is 5.11 Å². The number of pyridine rings is 1. The second-order valence-corrected chi connectivity index (χ2v) is 2.61. The third-order valence-electron chi connectivity index (χ3n) is 1.60. The number of aliphatic hydroxyl groups excluding tert-OH is 1. The van der Waals surface area contributed by atoms with E-state index in [9.17, 15) is 4.79 Å². The number of hydrogen-bond donors (Lipinski definition) is 1. The van der Waals surface area contributed by atoms with Crippen molar-refractivity contribution in [2.75, 3.05) is 0 Å². The normalized spacial score (nSPS) is 10.1. The average molecular weight is 153 g/mol. The van der Waals surface area contributed by atoms with Gasteiger partial charge in [0, 0.05) is 23.5 Å². The average Bonchev–Trinajstić information content (AvgIpc) is 1.99. The van der Waals surface area contributed by atoms with E-state index in [0.29, 0.717) is 11.1 Å². The van der Waals surface area contributed by atoms with Gasteiger partial charge < -0.3 is 9.67 Å². The molecule has 3 heteroatoms. The van der Waals surface area contributed by atoms with Crippen LogP contribution in [-0.4, -0.2) is 9.67 Å². The molecule has 0 saturated heterocycles. The summed E-state index contributed by atoms with van der Waals surface area (Å²) in [5.41, 5.74) is 1.38. The van der Waals surface area contributed by atoms with Gasteiger partial charge in [0.15, 0.2) is 5.43 Å². The maximum Gasteiger partial charge on any atom is 0.187 e. The highest BCUT2D eigenvalue weighted by Crippen LogP contribution is 1.94. The van der Waals surface area contributed by atoms with Crippen LogP contribution in [0.3, 0.4) is 0 Å². The van der Waals surface area contributed by atoms with Gasteiger partial charge in [-0.2, -0.15) is 0 Å². The van der Waals surface area contributed by atoms with Crippen LogP contribution < -0.4 is 5.43 Å². The lowest BCUT2D eigenvalue weighted by Crippen LogP contribution is -2.13. The molecule has 1 aromatic heterocycles. The number of hydrogen-bond acceptors (Lipinski definition) is 2. The topological polar surface area (TPSA) is 42.2 Å². The van der Waals surface area contributed by atoms with Crippen molar-refractivity contribution >= 4 is 0 Å². The van der Waals surface area contributed by atoms with Gasteiger partial charge in [-0.25, -0.2) is 0 Å². The van der Waals surface area contributed by atoms with Crippen molar-refractivity contribution in [1.82, 2.24) is 4.57 Å². The standard InChI is InChI=1S/C8H11NO2/c1-6-3-9(5-10)4-7(2)8(6)11/h3-4,10H,5H2,1-2H3. The molecular weight excluding hydrogens is 142 g/mol. The smallest absolute Gasteiger partial charge is 0.187 e. The van der Waals surface area contributed by atoms with Crippen molar-refractivity contribution in [3.05, 3.63) is 33.7 Å². The van der Waals surface area contributed by atoms with Crippen LogP contribution in [-0.2, 0) is 6.73 Å². The first-order valence-electron chi connectivity index (χ1n) is 3.43. The minimum Gasteiger partial charge on any atom is -0.376 e. The van der Waals surface area contributed by atoms with Gasteiger partial charge in [-0.1, -0.05) is 0 Å². The molecule has 0 aliphatic carbocycles. The molecule has 60 valence electrons. The Kier molecular flexibility index (Phi) is 2.10. The quantitative estimate of drug-likeness (QED) is 0.635. The summed E-state index contributed by atoms with van der Waals surface area (Å²) in [6, 6.07) is 0. The Morgan fingerprint density at radius 1 is 1.36 bits per heavy atom. The Labute approximate surface area is 64.9 Å². The SMILES string of the molecule is Cc1cn(CO)cc(C)c1=O. The molecule has 0 atom stereocenters. The number of aromatic nitrogens is 1. The largest absolute Gasteiger partial charge is 0.376 e. The summed E-state index contributed by atoms with van der Waals surface area (Å²) in [4.78, 5) is 11.1. The van der Waals surface area contributed by atoms with Crippen molar-refractivity contribution in [2.45, 2.75) is 20.6 Å². The van der Waals surface area contributed by atoms with Crippen LogP contribution in [0.4, 0.5) is 0 Å². The van der Waals surface area contributed by atoms with E-state index in [1.165, 1.54) is 0 Å². The summed E-state index contributed by atoms with van der Waals surface area (Å²) < 4.78 is 1.58. The van der Waals surface area contributed by atoms with E-state index in [-0.39, 0.29) is 12.2 Å². The molecule has 1 aromatic rings. The van der Waals surface area contributed by atoms with E-state index < -0.39 is 0 Å². The molecule has 1 rings (SSSR count). The van der Waals surface area contributed by atoms with Crippen molar-refractivity contribution in [2.24, 2.45) is 0 Å². The Hall–Kier alpha value is -1.09.